The average Bonchev–Trinajstić information content (AvgIpc) is 2.92. The van der Waals surface area contributed by atoms with Crippen molar-refractivity contribution >= 4 is 40.3 Å². The van der Waals surface area contributed by atoms with Crippen LogP contribution in [0.3, 0.4) is 0 Å². The second-order valence-electron chi connectivity index (χ2n) is 8.29. The fourth-order valence-corrected chi connectivity index (χ4v) is 4.81. The second kappa shape index (κ2) is 8.90. The van der Waals surface area contributed by atoms with E-state index in [4.69, 9.17) is 23.2 Å². The van der Waals surface area contributed by atoms with E-state index in [1.807, 2.05) is 24.3 Å². The van der Waals surface area contributed by atoms with Crippen molar-refractivity contribution in [2.24, 2.45) is 0 Å². The van der Waals surface area contributed by atoms with Crippen molar-refractivity contribution in [2.45, 2.75) is 39.0 Å². The molecule has 0 aliphatic heterocycles. The molecule has 0 spiro atoms. The Hall–Kier alpha value is -2.55. The van der Waals surface area contributed by atoms with Crippen molar-refractivity contribution in [3.63, 3.8) is 0 Å². The number of benzene rings is 3. The molecule has 1 N–H and O–H groups in total. The van der Waals surface area contributed by atoms with E-state index in [2.05, 4.69) is 38.1 Å². The predicted octanol–water partition coefficient (Wildman–Crippen LogP) is 8.11. The first-order chi connectivity index (χ1) is 14.8. The maximum atomic E-state index is 11.5. The van der Waals surface area contributed by atoms with Crippen molar-refractivity contribution < 1.29 is 9.90 Å². The molecule has 0 radical (unpaired) electrons. The lowest BCUT2D eigenvalue weighted by molar-refractivity contribution is 0.0696. The summed E-state index contributed by atoms with van der Waals surface area (Å²) < 4.78 is 0. The smallest absolute Gasteiger partial charge is 0.335 e. The number of halogens is 2. The zero-order chi connectivity index (χ0) is 22.1. The largest absolute Gasteiger partial charge is 0.478 e. The van der Waals surface area contributed by atoms with E-state index in [1.165, 1.54) is 11.1 Å². The van der Waals surface area contributed by atoms with Crippen LogP contribution in [0.4, 0.5) is 0 Å². The van der Waals surface area contributed by atoms with E-state index in [9.17, 15) is 9.90 Å². The normalized spacial score (nSPS) is 13.8. The minimum Gasteiger partial charge on any atom is -0.478 e. The first kappa shape index (κ1) is 21.7. The summed E-state index contributed by atoms with van der Waals surface area (Å²) in [6.45, 7) is 4.36. The number of rotatable bonds is 4. The van der Waals surface area contributed by atoms with Crippen LogP contribution in [0, 0.1) is 0 Å². The van der Waals surface area contributed by atoms with Gasteiger partial charge in [0.15, 0.2) is 0 Å². The van der Waals surface area contributed by atoms with Gasteiger partial charge in [0.1, 0.15) is 0 Å². The van der Waals surface area contributed by atoms with Crippen LogP contribution in [-0.4, -0.2) is 11.1 Å². The van der Waals surface area contributed by atoms with E-state index >= 15 is 0 Å². The third-order valence-corrected chi connectivity index (χ3v) is 6.47. The lowest BCUT2D eigenvalue weighted by Gasteiger charge is -2.18. The van der Waals surface area contributed by atoms with Crippen LogP contribution in [0.2, 0.25) is 10.0 Å². The Balaban J connectivity index is 1.99. The number of hydrogen-bond acceptors (Lipinski definition) is 1. The Labute approximate surface area is 193 Å². The monoisotopic (exact) mass is 450 g/mol. The van der Waals surface area contributed by atoms with Gasteiger partial charge < -0.3 is 5.11 Å². The number of carboxylic acids is 1. The molecule has 0 fully saturated rings. The van der Waals surface area contributed by atoms with Crippen molar-refractivity contribution in [2.75, 3.05) is 0 Å². The Kier molecular flexibility index (Phi) is 6.22. The fraction of sp³-hybridized carbons (Fsp3) is 0.222. The minimum atomic E-state index is -0.903. The highest BCUT2D eigenvalue weighted by molar-refractivity contribution is 6.36. The number of hydrogen-bond donors (Lipinski definition) is 1. The summed E-state index contributed by atoms with van der Waals surface area (Å²) in [5, 5.41) is 10.7. The van der Waals surface area contributed by atoms with Crippen LogP contribution in [-0.2, 0) is 6.42 Å². The minimum absolute atomic E-state index is 0.321. The molecule has 1 aliphatic carbocycles. The molecule has 3 aromatic carbocycles. The van der Waals surface area contributed by atoms with Crippen molar-refractivity contribution in [1.82, 2.24) is 0 Å². The Morgan fingerprint density at radius 2 is 1.61 bits per heavy atom. The molecular weight excluding hydrogens is 427 g/mol. The van der Waals surface area contributed by atoms with Gasteiger partial charge >= 0.3 is 5.97 Å². The van der Waals surface area contributed by atoms with Crippen molar-refractivity contribution in [3.05, 3.63) is 104 Å². The molecule has 4 rings (SSSR count). The van der Waals surface area contributed by atoms with Crippen LogP contribution < -0.4 is 0 Å². The summed E-state index contributed by atoms with van der Waals surface area (Å²) >= 11 is 12.8. The summed E-state index contributed by atoms with van der Waals surface area (Å²) in [4.78, 5) is 11.5. The van der Waals surface area contributed by atoms with E-state index in [-0.39, 0.29) is 0 Å². The molecule has 0 saturated carbocycles. The van der Waals surface area contributed by atoms with Gasteiger partial charge in [-0.15, -0.1) is 0 Å². The third-order valence-electron chi connectivity index (χ3n) is 5.92. The molecule has 0 amide bonds. The highest BCUT2D eigenvalue weighted by atomic mass is 35.5. The molecular formula is C27H24Cl2O2. The van der Waals surface area contributed by atoms with Crippen LogP contribution in [0.25, 0.3) is 11.1 Å². The SMILES string of the molecule is CC(C)c1ccc(C2=C(c3ccc(Cl)cc3Cl)CCCc3cc(C(=O)O)ccc32)cc1. The standard InChI is InChI=1S/C27H24Cl2O2/c1-16(2)17-6-8-18(9-7-17)26-22-12-10-20(27(30)31)14-19(22)4-3-5-24(26)23-13-11-21(28)15-25(23)29/h6-16H,3-5H2,1-2H3,(H,30,31). The van der Waals surface area contributed by atoms with Crippen LogP contribution in [0.5, 0.6) is 0 Å². The lowest BCUT2D eigenvalue weighted by atomic mass is 9.86. The molecule has 0 saturated heterocycles. The summed E-state index contributed by atoms with van der Waals surface area (Å²) in [5.74, 6) is -0.451. The highest BCUT2D eigenvalue weighted by Crippen LogP contribution is 2.42. The molecule has 158 valence electrons. The van der Waals surface area contributed by atoms with Gasteiger partial charge in [0.25, 0.3) is 0 Å². The molecule has 0 unspecified atom stereocenters. The van der Waals surface area contributed by atoms with E-state index in [0.29, 0.717) is 21.5 Å². The summed E-state index contributed by atoms with van der Waals surface area (Å²) in [6, 6.07) is 19.7. The van der Waals surface area contributed by atoms with Gasteiger partial charge in [-0.2, -0.15) is 0 Å². The lowest BCUT2D eigenvalue weighted by Crippen LogP contribution is -2.01. The molecule has 4 heteroatoms. The maximum absolute atomic E-state index is 11.5. The number of aryl methyl sites for hydroxylation is 1. The number of aromatic carboxylic acids is 1. The Morgan fingerprint density at radius 3 is 2.26 bits per heavy atom. The first-order valence-electron chi connectivity index (χ1n) is 10.5. The van der Waals surface area contributed by atoms with Gasteiger partial charge in [0.05, 0.1) is 5.56 Å². The molecule has 0 heterocycles. The molecule has 2 nitrogen and oxygen atoms in total. The van der Waals surface area contributed by atoms with E-state index in [0.717, 1.165) is 47.1 Å². The fourth-order valence-electron chi connectivity index (χ4n) is 4.29. The maximum Gasteiger partial charge on any atom is 0.335 e. The topological polar surface area (TPSA) is 37.3 Å². The van der Waals surface area contributed by atoms with Crippen molar-refractivity contribution in [3.8, 4) is 0 Å². The third kappa shape index (κ3) is 4.42. The van der Waals surface area contributed by atoms with Gasteiger partial charge in [0, 0.05) is 10.0 Å². The first-order valence-corrected chi connectivity index (χ1v) is 11.3. The van der Waals surface area contributed by atoms with Crippen LogP contribution >= 0.6 is 23.2 Å². The van der Waals surface area contributed by atoms with Gasteiger partial charge in [-0.05, 0) is 88.4 Å². The molecule has 0 bridgehead atoms. The summed E-state index contributed by atoms with van der Waals surface area (Å²) in [6.07, 6.45) is 2.58. The van der Waals surface area contributed by atoms with Gasteiger partial charge in [-0.25, -0.2) is 4.79 Å². The van der Waals surface area contributed by atoms with E-state index < -0.39 is 5.97 Å². The van der Waals surface area contributed by atoms with Gasteiger partial charge in [-0.3, -0.25) is 0 Å². The highest BCUT2D eigenvalue weighted by Gasteiger charge is 2.22. The number of carbonyl (C=O) groups is 1. The summed E-state index contributed by atoms with van der Waals surface area (Å²) in [5.41, 5.74) is 8.10. The molecule has 0 atom stereocenters. The van der Waals surface area contributed by atoms with E-state index in [1.54, 1.807) is 12.1 Å². The number of carboxylic acid groups (broad SMARTS) is 1. The molecule has 3 aromatic rings. The quantitative estimate of drug-likeness (QED) is 0.435. The Bertz CT molecular complexity index is 1170. The zero-order valence-electron chi connectivity index (χ0n) is 17.6. The molecule has 31 heavy (non-hydrogen) atoms. The number of allylic oxidation sites excluding steroid dienone is 1. The Morgan fingerprint density at radius 1 is 0.903 bits per heavy atom. The van der Waals surface area contributed by atoms with Crippen LogP contribution in [0.1, 0.15) is 70.8 Å². The van der Waals surface area contributed by atoms with Crippen LogP contribution in [0.15, 0.2) is 60.7 Å². The molecule has 0 aromatic heterocycles. The van der Waals surface area contributed by atoms with Gasteiger partial charge in [-0.1, -0.05) is 73.4 Å². The number of fused-ring (bicyclic) bond motifs is 1. The predicted molar refractivity (Wildman–Crippen MR) is 129 cm³/mol. The zero-order valence-corrected chi connectivity index (χ0v) is 19.1. The van der Waals surface area contributed by atoms with Crippen molar-refractivity contribution in [1.29, 1.82) is 0 Å². The van der Waals surface area contributed by atoms with Gasteiger partial charge in [0.2, 0.25) is 0 Å². The summed E-state index contributed by atoms with van der Waals surface area (Å²) in [7, 11) is 0. The average molecular weight is 451 g/mol. The molecule has 1 aliphatic rings. The second-order valence-corrected chi connectivity index (χ2v) is 9.13.